The van der Waals surface area contributed by atoms with E-state index in [0.717, 1.165) is 11.1 Å². The van der Waals surface area contributed by atoms with Crippen molar-refractivity contribution >= 4 is 35.2 Å². The Balaban J connectivity index is 2.04. The van der Waals surface area contributed by atoms with Crippen LogP contribution in [-0.2, 0) is 21.9 Å². The molecular weight excluding hydrogens is 423 g/mol. The van der Waals surface area contributed by atoms with Crippen molar-refractivity contribution in [3.63, 3.8) is 0 Å². The highest BCUT2D eigenvalue weighted by atomic mass is 35.5. The molecule has 0 aliphatic rings. The summed E-state index contributed by atoms with van der Waals surface area (Å²) in [5.74, 6) is 0.573. The average Bonchev–Trinajstić information content (AvgIpc) is 2.72. The van der Waals surface area contributed by atoms with Crippen molar-refractivity contribution < 1.29 is 14.0 Å². The Bertz CT molecular complexity index is 828. The molecule has 4 nitrogen and oxygen atoms in total. The van der Waals surface area contributed by atoms with Crippen LogP contribution in [0.2, 0.25) is 5.02 Å². The Hall–Kier alpha value is -2.05. The van der Waals surface area contributed by atoms with Crippen LogP contribution in [0.3, 0.4) is 0 Å². The number of carbonyl (C=O) groups excluding carboxylic acids is 2. The van der Waals surface area contributed by atoms with Gasteiger partial charge < -0.3 is 10.2 Å². The molecule has 0 saturated carbocycles. The summed E-state index contributed by atoms with van der Waals surface area (Å²) in [7, 11) is 0. The van der Waals surface area contributed by atoms with Gasteiger partial charge in [-0.25, -0.2) is 4.39 Å². The maximum Gasteiger partial charge on any atom is 0.242 e. The quantitative estimate of drug-likeness (QED) is 0.560. The van der Waals surface area contributed by atoms with E-state index in [-0.39, 0.29) is 23.4 Å². The molecular formula is C23H28ClFN2O2S. The summed E-state index contributed by atoms with van der Waals surface area (Å²) in [4.78, 5) is 27.2. The van der Waals surface area contributed by atoms with Gasteiger partial charge in [-0.05, 0) is 48.2 Å². The van der Waals surface area contributed by atoms with Crippen molar-refractivity contribution in [3.8, 4) is 0 Å². The van der Waals surface area contributed by atoms with Gasteiger partial charge in [0, 0.05) is 23.9 Å². The molecule has 0 fully saturated rings. The van der Waals surface area contributed by atoms with Crippen molar-refractivity contribution in [1.82, 2.24) is 10.2 Å². The van der Waals surface area contributed by atoms with E-state index in [4.69, 9.17) is 11.6 Å². The lowest BCUT2D eigenvalue weighted by Crippen LogP contribution is -2.48. The number of hydrogen-bond acceptors (Lipinski definition) is 3. The number of hydrogen-bond donors (Lipinski definition) is 1. The van der Waals surface area contributed by atoms with Crippen LogP contribution >= 0.6 is 23.4 Å². The molecule has 0 aromatic heterocycles. The molecule has 0 heterocycles. The minimum Gasteiger partial charge on any atom is -0.354 e. The van der Waals surface area contributed by atoms with Crippen molar-refractivity contribution in [1.29, 1.82) is 0 Å². The fraction of sp³-hybridized carbons (Fsp3) is 0.391. The molecule has 30 heavy (non-hydrogen) atoms. The average molecular weight is 451 g/mol. The molecule has 2 rings (SSSR count). The zero-order chi connectivity index (χ0) is 22.1. The number of amides is 2. The molecule has 0 unspecified atom stereocenters. The Morgan fingerprint density at radius 2 is 1.63 bits per heavy atom. The summed E-state index contributed by atoms with van der Waals surface area (Å²) >= 11 is 7.40. The number of benzene rings is 2. The third-order valence-corrected chi connectivity index (χ3v) is 5.77. The van der Waals surface area contributed by atoms with Gasteiger partial charge in [0.15, 0.2) is 0 Å². The second kappa shape index (κ2) is 12.0. The summed E-state index contributed by atoms with van der Waals surface area (Å²) in [5.41, 5.74) is 1.85. The minimum atomic E-state index is -0.599. The standard InChI is InChI=1S/C23H28ClFN2O2S/c1-16(2)12-26-23(29)17(3)27(13-18-4-8-20(24)9-5-18)22(28)15-30-14-19-6-10-21(25)11-7-19/h4-11,16-17H,12-15H2,1-3H3,(H,26,29)/t17-/m0/s1. The molecule has 0 bridgehead atoms. The summed E-state index contributed by atoms with van der Waals surface area (Å²) in [6, 6.07) is 12.9. The summed E-state index contributed by atoms with van der Waals surface area (Å²) < 4.78 is 13.0. The molecule has 2 aromatic rings. The van der Waals surface area contributed by atoms with E-state index >= 15 is 0 Å². The van der Waals surface area contributed by atoms with Crippen LogP contribution < -0.4 is 5.32 Å². The third-order valence-electron chi connectivity index (χ3n) is 4.53. The second-order valence-electron chi connectivity index (χ2n) is 7.58. The molecule has 7 heteroatoms. The maximum absolute atomic E-state index is 13.0. The smallest absolute Gasteiger partial charge is 0.242 e. The van der Waals surface area contributed by atoms with Crippen molar-refractivity contribution in [2.75, 3.05) is 12.3 Å². The fourth-order valence-corrected chi connectivity index (χ4v) is 3.74. The van der Waals surface area contributed by atoms with E-state index in [1.807, 2.05) is 26.0 Å². The zero-order valence-electron chi connectivity index (χ0n) is 17.5. The Morgan fingerprint density at radius 3 is 2.23 bits per heavy atom. The number of carbonyl (C=O) groups is 2. The molecule has 2 amide bonds. The van der Waals surface area contributed by atoms with Gasteiger partial charge >= 0.3 is 0 Å². The van der Waals surface area contributed by atoms with E-state index in [9.17, 15) is 14.0 Å². The first-order valence-corrected chi connectivity index (χ1v) is 11.4. The van der Waals surface area contributed by atoms with Gasteiger partial charge in [0.1, 0.15) is 11.9 Å². The van der Waals surface area contributed by atoms with Crippen LogP contribution in [0.25, 0.3) is 0 Å². The first-order chi connectivity index (χ1) is 14.3. The van der Waals surface area contributed by atoms with Gasteiger partial charge in [0.25, 0.3) is 0 Å². The summed E-state index contributed by atoms with van der Waals surface area (Å²) in [6.45, 7) is 6.67. The molecule has 162 valence electrons. The number of thioether (sulfide) groups is 1. The molecule has 0 radical (unpaired) electrons. The van der Waals surface area contributed by atoms with Crippen LogP contribution in [0.4, 0.5) is 4.39 Å². The van der Waals surface area contributed by atoms with E-state index in [1.165, 1.54) is 23.9 Å². The highest BCUT2D eigenvalue weighted by Gasteiger charge is 2.26. The van der Waals surface area contributed by atoms with E-state index in [2.05, 4.69) is 5.32 Å². The van der Waals surface area contributed by atoms with Crippen molar-refractivity contribution in [3.05, 3.63) is 70.5 Å². The highest BCUT2D eigenvalue weighted by Crippen LogP contribution is 2.17. The minimum absolute atomic E-state index is 0.121. The third kappa shape index (κ3) is 8.00. The Morgan fingerprint density at radius 1 is 1.03 bits per heavy atom. The van der Waals surface area contributed by atoms with E-state index in [1.54, 1.807) is 36.1 Å². The summed E-state index contributed by atoms with van der Waals surface area (Å²) in [6.07, 6.45) is 0. The normalized spacial score (nSPS) is 11.9. The van der Waals surface area contributed by atoms with Crippen LogP contribution in [-0.4, -0.2) is 35.1 Å². The Labute approximate surface area is 187 Å². The predicted molar refractivity (Wildman–Crippen MR) is 122 cm³/mol. The number of rotatable bonds is 10. The first kappa shape index (κ1) is 24.2. The zero-order valence-corrected chi connectivity index (χ0v) is 19.1. The van der Waals surface area contributed by atoms with Gasteiger partial charge in [0.05, 0.1) is 5.75 Å². The first-order valence-electron chi connectivity index (χ1n) is 9.90. The van der Waals surface area contributed by atoms with Gasteiger partial charge in [-0.3, -0.25) is 9.59 Å². The molecule has 1 atom stereocenters. The molecule has 2 aromatic carbocycles. The number of halogens is 2. The Kier molecular flexibility index (Phi) is 9.66. The predicted octanol–water partition coefficient (Wildman–Crippen LogP) is 4.90. The van der Waals surface area contributed by atoms with Gasteiger partial charge in [0.2, 0.25) is 11.8 Å². The number of nitrogens with zero attached hydrogens (tertiary/aromatic N) is 1. The molecule has 0 aliphatic heterocycles. The van der Waals surface area contributed by atoms with Crippen LogP contribution in [0, 0.1) is 11.7 Å². The largest absolute Gasteiger partial charge is 0.354 e. The molecule has 0 spiro atoms. The van der Waals surface area contributed by atoms with Gasteiger partial charge in [-0.1, -0.05) is 49.7 Å². The maximum atomic E-state index is 13.0. The van der Waals surface area contributed by atoms with Crippen LogP contribution in [0.5, 0.6) is 0 Å². The molecule has 0 aliphatic carbocycles. The van der Waals surface area contributed by atoms with Crippen LogP contribution in [0.15, 0.2) is 48.5 Å². The second-order valence-corrected chi connectivity index (χ2v) is 9.00. The van der Waals surface area contributed by atoms with E-state index in [0.29, 0.717) is 29.8 Å². The lowest BCUT2D eigenvalue weighted by molar-refractivity contribution is -0.138. The van der Waals surface area contributed by atoms with Gasteiger partial charge in [-0.15, -0.1) is 11.8 Å². The molecule has 0 saturated heterocycles. The molecule has 1 N–H and O–H groups in total. The number of nitrogens with one attached hydrogen (secondary N) is 1. The fourth-order valence-electron chi connectivity index (χ4n) is 2.74. The topological polar surface area (TPSA) is 49.4 Å². The SMILES string of the molecule is CC(C)CNC(=O)[C@H](C)N(Cc1ccc(Cl)cc1)C(=O)CSCc1ccc(F)cc1. The van der Waals surface area contributed by atoms with Crippen LogP contribution in [0.1, 0.15) is 31.9 Å². The monoisotopic (exact) mass is 450 g/mol. The lowest BCUT2D eigenvalue weighted by Gasteiger charge is -2.29. The van der Waals surface area contributed by atoms with Crippen molar-refractivity contribution in [2.45, 2.75) is 39.1 Å². The van der Waals surface area contributed by atoms with E-state index < -0.39 is 6.04 Å². The van der Waals surface area contributed by atoms with Crippen molar-refractivity contribution in [2.24, 2.45) is 5.92 Å². The highest BCUT2D eigenvalue weighted by molar-refractivity contribution is 7.99. The lowest BCUT2D eigenvalue weighted by atomic mass is 10.1. The van der Waals surface area contributed by atoms with Gasteiger partial charge in [-0.2, -0.15) is 0 Å². The summed E-state index contributed by atoms with van der Waals surface area (Å²) in [5, 5.41) is 3.52.